The lowest BCUT2D eigenvalue weighted by atomic mass is 10.4. The molecule has 0 radical (unpaired) electrons. The highest BCUT2D eigenvalue weighted by molar-refractivity contribution is 7.99. The van der Waals surface area contributed by atoms with Gasteiger partial charge in [0.1, 0.15) is 5.03 Å². The van der Waals surface area contributed by atoms with Gasteiger partial charge in [-0.1, -0.05) is 25.4 Å². The molecule has 1 N–H and O–H groups in total. The van der Waals surface area contributed by atoms with Crippen LogP contribution >= 0.6 is 23.4 Å². The lowest BCUT2D eigenvalue weighted by Crippen LogP contribution is -1.99. The summed E-state index contributed by atoms with van der Waals surface area (Å²) in [6.07, 6.45) is 2.73. The first-order chi connectivity index (χ1) is 6.67. The van der Waals surface area contributed by atoms with Crippen molar-refractivity contribution in [3.63, 3.8) is 0 Å². The van der Waals surface area contributed by atoms with Crippen molar-refractivity contribution in [2.45, 2.75) is 30.5 Å². The van der Waals surface area contributed by atoms with E-state index in [9.17, 15) is 0 Å². The quantitative estimate of drug-likeness (QED) is 0.639. The first kappa shape index (κ1) is 11.6. The van der Waals surface area contributed by atoms with E-state index in [-0.39, 0.29) is 0 Å². The Morgan fingerprint density at radius 1 is 1.64 bits per heavy atom. The van der Waals surface area contributed by atoms with Gasteiger partial charge in [-0.3, -0.25) is 0 Å². The molecule has 1 unspecified atom stereocenters. The summed E-state index contributed by atoms with van der Waals surface area (Å²) in [4.78, 5) is 8.31. The van der Waals surface area contributed by atoms with Crippen molar-refractivity contribution < 1.29 is 0 Å². The van der Waals surface area contributed by atoms with Gasteiger partial charge in [-0.15, -0.1) is 11.8 Å². The fraction of sp³-hybridized carbons (Fsp3) is 0.556. The maximum absolute atomic E-state index is 5.98. The summed E-state index contributed by atoms with van der Waals surface area (Å²) >= 11 is 7.66. The molecule has 5 heteroatoms. The second kappa shape index (κ2) is 5.41. The number of aromatic nitrogens is 2. The van der Waals surface area contributed by atoms with Gasteiger partial charge in [0.2, 0.25) is 5.95 Å². The first-order valence-corrected chi connectivity index (χ1v) is 5.80. The molecule has 0 bridgehead atoms. The zero-order chi connectivity index (χ0) is 10.6. The van der Waals surface area contributed by atoms with E-state index in [0.29, 0.717) is 16.2 Å². The van der Waals surface area contributed by atoms with Gasteiger partial charge in [0.25, 0.3) is 0 Å². The van der Waals surface area contributed by atoms with Gasteiger partial charge in [-0.2, -0.15) is 0 Å². The lowest BCUT2D eigenvalue weighted by molar-refractivity contribution is 0.899. The Morgan fingerprint density at radius 2 is 2.36 bits per heavy atom. The van der Waals surface area contributed by atoms with Gasteiger partial charge < -0.3 is 5.32 Å². The van der Waals surface area contributed by atoms with Crippen LogP contribution in [0.1, 0.15) is 20.3 Å². The second-order valence-corrected chi connectivity index (χ2v) is 4.77. The molecule has 0 aromatic carbocycles. The van der Waals surface area contributed by atoms with E-state index in [4.69, 9.17) is 11.6 Å². The highest BCUT2D eigenvalue weighted by Gasteiger charge is 2.08. The highest BCUT2D eigenvalue weighted by atomic mass is 35.5. The molecular weight excluding hydrogens is 218 g/mol. The smallest absolute Gasteiger partial charge is 0.223 e. The number of nitrogens with one attached hydrogen (secondary N) is 1. The van der Waals surface area contributed by atoms with E-state index in [0.717, 1.165) is 11.4 Å². The highest BCUT2D eigenvalue weighted by Crippen LogP contribution is 2.29. The summed E-state index contributed by atoms with van der Waals surface area (Å²) in [6.45, 7) is 4.30. The van der Waals surface area contributed by atoms with E-state index in [1.165, 1.54) is 0 Å². The van der Waals surface area contributed by atoms with Crippen molar-refractivity contribution in [2.24, 2.45) is 0 Å². The monoisotopic (exact) mass is 231 g/mol. The van der Waals surface area contributed by atoms with E-state index >= 15 is 0 Å². The minimum atomic E-state index is 0.520. The number of halogens is 1. The van der Waals surface area contributed by atoms with Crippen LogP contribution in [0.15, 0.2) is 11.2 Å². The Hall–Kier alpha value is -0.480. The van der Waals surface area contributed by atoms with Crippen LogP contribution in [-0.4, -0.2) is 22.3 Å². The Bertz CT molecular complexity index is 306. The van der Waals surface area contributed by atoms with E-state index in [1.54, 1.807) is 25.0 Å². The maximum atomic E-state index is 5.98. The summed E-state index contributed by atoms with van der Waals surface area (Å²) in [7, 11) is 1.79. The molecule has 1 aromatic rings. The number of hydrogen-bond acceptors (Lipinski definition) is 4. The number of anilines is 1. The van der Waals surface area contributed by atoms with Gasteiger partial charge in [-0.25, -0.2) is 9.97 Å². The molecule has 0 amide bonds. The molecule has 1 heterocycles. The van der Waals surface area contributed by atoms with Gasteiger partial charge in [0.05, 0.1) is 11.2 Å². The molecule has 0 saturated carbocycles. The summed E-state index contributed by atoms with van der Waals surface area (Å²) in [5.74, 6) is 0.611. The molecule has 1 rings (SSSR count). The predicted molar refractivity (Wildman–Crippen MR) is 62.2 cm³/mol. The fourth-order valence-corrected chi connectivity index (χ4v) is 1.91. The normalized spacial score (nSPS) is 12.6. The Balaban J connectivity index is 2.83. The Labute approximate surface area is 93.7 Å². The molecule has 1 atom stereocenters. The van der Waals surface area contributed by atoms with Crippen LogP contribution in [-0.2, 0) is 0 Å². The first-order valence-electron chi connectivity index (χ1n) is 4.54. The molecule has 0 saturated heterocycles. The van der Waals surface area contributed by atoms with E-state index in [1.807, 2.05) is 0 Å². The average molecular weight is 232 g/mol. The van der Waals surface area contributed by atoms with Gasteiger partial charge in [0.15, 0.2) is 0 Å². The topological polar surface area (TPSA) is 37.8 Å². The Kier molecular flexibility index (Phi) is 4.48. The van der Waals surface area contributed by atoms with Crippen LogP contribution in [0.4, 0.5) is 5.95 Å². The van der Waals surface area contributed by atoms with E-state index < -0.39 is 0 Å². The zero-order valence-corrected chi connectivity index (χ0v) is 10.1. The van der Waals surface area contributed by atoms with Crippen LogP contribution in [0.3, 0.4) is 0 Å². The maximum Gasteiger partial charge on any atom is 0.223 e. The number of thioether (sulfide) groups is 1. The van der Waals surface area contributed by atoms with Crippen molar-refractivity contribution in [2.75, 3.05) is 12.4 Å². The Morgan fingerprint density at radius 3 is 2.93 bits per heavy atom. The van der Waals surface area contributed by atoms with E-state index in [2.05, 4.69) is 29.1 Å². The van der Waals surface area contributed by atoms with Gasteiger partial charge >= 0.3 is 0 Å². The molecule has 3 nitrogen and oxygen atoms in total. The van der Waals surface area contributed by atoms with Crippen LogP contribution in [0.5, 0.6) is 0 Å². The molecule has 78 valence electrons. The van der Waals surface area contributed by atoms with Crippen LogP contribution in [0.25, 0.3) is 0 Å². The standard InChI is InChI=1S/C9H14ClN3S/c1-4-6(2)14-8-7(10)5-12-9(11-3)13-8/h5-6H,4H2,1-3H3,(H,11,12,13). The number of rotatable bonds is 4. The van der Waals surface area contributed by atoms with Crippen LogP contribution in [0, 0.1) is 0 Å². The molecular formula is C9H14ClN3S. The molecule has 0 aliphatic rings. The van der Waals surface area contributed by atoms with Crippen molar-refractivity contribution >= 4 is 29.3 Å². The zero-order valence-electron chi connectivity index (χ0n) is 8.54. The third-order valence-electron chi connectivity index (χ3n) is 1.82. The van der Waals surface area contributed by atoms with Crippen molar-refractivity contribution in [1.29, 1.82) is 0 Å². The summed E-state index contributed by atoms with van der Waals surface area (Å²) in [5.41, 5.74) is 0. The lowest BCUT2D eigenvalue weighted by Gasteiger charge is -2.09. The largest absolute Gasteiger partial charge is 0.357 e. The minimum Gasteiger partial charge on any atom is -0.357 e. The summed E-state index contributed by atoms with van der Waals surface area (Å²) < 4.78 is 0. The molecule has 1 aromatic heterocycles. The number of hydrogen-bond donors (Lipinski definition) is 1. The molecule has 0 aliphatic heterocycles. The molecule has 0 fully saturated rings. The summed E-state index contributed by atoms with van der Waals surface area (Å²) in [5, 5.41) is 4.88. The molecule has 0 spiro atoms. The SMILES string of the molecule is CCC(C)Sc1nc(NC)ncc1Cl. The minimum absolute atomic E-state index is 0.520. The van der Waals surface area contributed by atoms with Crippen molar-refractivity contribution in [3.8, 4) is 0 Å². The number of nitrogens with zero attached hydrogens (tertiary/aromatic N) is 2. The molecule has 0 aliphatic carbocycles. The van der Waals surface area contributed by atoms with Gasteiger partial charge in [-0.05, 0) is 6.42 Å². The third kappa shape index (κ3) is 3.03. The second-order valence-electron chi connectivity index (χ2n) is 2.93. The fourth-order valence-electron chi connectivity index (χ4n) is 0.828. The van der Waals surface area contributed by atoms with Crippen molar-refractivity contribution in [1.82, 2.24) is 9.97 Å². The molecule has 14 heavy (non-hydrogen) atoms. The summed E-state index contributed by atoms with van der Waals surface area (Å²) in [6, 6.07) is 0. The van der Waals surface area contributed by atoms with Crippen LogP contribution < -0.4 is 5.32 Å². The third-order valence-corrected chi connectivity index (χ3v) is 3.48. The van der Waals surface area contributed by atoms with Gasteiger partial charge in [0, 0.05) is 12.3 Å². The predicted octanol–water partition coefficient (Wildman–Crippen LogP) is 3.06. The van der Waals surface area contributed by atoms with Crippen LogP contribution in [0.2, 0.25) is 5.02 Å². The van der Waals surface area contributed by atoms with Crippen molar-refractivity contribution in [3.05, 3.63) is 11.2 Å². The average Bonchev–Trinajstić information content (AvgIpc) is 2.21.